The summed E-state index contributed by atoms with van der Waals surface area (Å²) in [5, 5.41) is 2.67. The van der Waals surface area contributed by atoms with E-state index in [1.807, 2.05) is 0 Å². The number of alkyl halides is 3. The van der Waals surface area contributed by atoms with Gasteiger partial charge in [0.1, 0.15) is 5.82 Å². The molecule has 0 aliphatic heterocycles. The van der Waals surface area contributed by atoms with Crippen molar-refractivity contribution in [2.45, 2.75) is 43.9 Å². The number of nitrogens with two attached hydrogens (primary N) is 1. The van der Waals surface area contributed by atoms with Gasteiger partial charge >= 0.3 is 6.18 Å². The Morgan fingerprint density at radius 1 is 1.18 bits per heavy atom. The summed E-state index contributed by atoms with van der Waals surface area (Å²) >= 11 is 0. The lowest BCUT2D eigenvalue weighted by Gasteiger charge is -2.26. The summed E-state index contributed by atoms with van der Waals surface area (Å²) in [6.07, 6.45) is -1.90. The molecule has 1 fully saturated rings. The second kappa shape index (κ2) is 7.28. The van der Waals surface area contributed by atoms with E-state index < -0.39 is 23.5 Å². The molecule has 0 heterocycles. The van der Waals surface area contributed by atoms with E-state index in [1.165, 1.54) is 0 Å². The molecule has 1 aliphatic rings. The van der Waals surface area contributed by atoms with Crippen molar-refractivity contribution < 1.29 is 22.4 Å². The lowest BCUT2D eigenvalue weighted by atomic mass is 9.91. The minimum atomic E-state index is -4.82. The highest BCUT2D eigenvalue weighted by atomic mass is 35.5. The van der Waals surface area contributed by atoms with Crippen molar-refractivity contribution in [1.82, 2.24) is 5.32 Å². The molecule has 1 aromatic rings. The normalized spacial score (nSPS) is 21.9. The van der Waals surface area contributed by atoms with Crippen molar-refractivity contribution in [2.24, 2.45) is 5.73 Å². The summed E-state index contributed by atoms with van der Waals surface area (Å²) < 4.78 is 51.0. The van der Waals surface area contributed by atoms with E-state index >= 15 is 0 Å². The van der Waals surface area contributed by atoms with Gasteiger partial charge in [0.15, 0.2) is 0 Å². The first-order valence-corrected chi connectivity index (χ1v) is 6.70. The molecule has 0 atom stereocenters. The van der Waals surface area contributed by atoms with Gasteiger partial charge < -0.3 is 11.1 Å². The first-order valence-electron chi connectivity index (χ1n) is 6.70. The first kappa shape index (κ1) is 18.7. The molecule has 8 heteroatoms. The highest BCUT2D eigenvalue weighted by Crippen LogP contribution is 2.32. The molecule has 2 rings (SSSR count). The number of carbonyl (C=O) groups is 1. The molecule has 1 aliphatic carbocycles. The van der Waals surface area contributed by atoms with Crippen molar-refractivity contribution in [3.05, 3.63) is 35.1 Å². The zero-order valence-electron chi connectivity index (χ0n) is 11.6. The molecule has 0 aromatic heterocycles. The number of amides is 1. The van der Waals surface area contributed by atoms with Gasteiger partial charge in [-0.15, -0.1) is 12.4 Å². The first-order chi connectivity index (χ1) is 9.77. The molecule has 3 N–H and O–H groups in total. The fraction of sp³-hybridized carbons (Fsp3) is 0.500. The van der Waals surface area contributed by atoms with Crippen LogP contribution in [0.3, 0.4) is 0 Å². The predicted octanol–water partition coefficient (Wildman–Crippen LogP) is 3.27. The summed E-state index contributed by atoms with van der Waals surface area (Å²) in [5.74, 6) is -2.01. The molecule has 0 bridgehead atoms. The molecule has 1 amide bonds. The maximum Gasteiger partial charge on any atom is 0.419 e. The summed E-state index contributed by atoms with van der Waals surface area (Å²) in [6.45, 7) is 0. The van der Waals surface area contributed by atoms with Crippen molar-refractivity contribution in [3.63, 3.8) is 0 Å². The zero-order chi connectivity index (χ0) is 15.6. The van der Waals surface area contributed by atoms with Crippen LogP contribution < -0.4 is 11.1 Å². The van der Waals surface area contributed by atoms with Crippen LogP contribution in [0, 0.1) is 5.82 Å². The van der Waals surface area contributed by atoms with Crippen LogP contribution in [0.5, 0.6) is 0 Å². The third-order valence-electron chi connectivity index (χ3n) is 3.64. The second-order valence-corrected chi connectivity index (χ2v) is 5.28. The number of nitrogens with one attached hydrogen (secondary N) is 1. The van der Waals surface area contributed by atoms with Crippen LogP contribution in [0.4, 0.5) is 17.6 Å². The van der Waals surface area contributed by atoms with Crippen LogP contribution in [0.15, 0.2) is 18.2 Å². The van der Waals surface area contributed by atoms with Crippen molar-refractivity contribution >= 4 is 18.3 Å². The van der Waals surface area contributed by atoms with Crippen molar-refractivity contribution in [1.29, 1.82) is 0 Å². The lowest BCUT2D eigenvalue weighted by molar-refractivity contribution is -0.140. The SMILES string of the molecule is Cl.NC1CCC(NC(=O)c2ccc(F)c(C(F)(F)F)c2)CC1. The molecule has 1 aromatic carbocycles. The Hall–Kier alpha value is -1.34. The highest BCUT2D eigenvalue weighted by molar-refractivity contribution is 5.94. The molecule has 3 nitrogen and oxygen atoms in total. The molecule has 0 unspecified atom stereocenters. The summed E-state index contributed by atoms with van der Waals surface area (Å²) in [7, 11) is 0. The Morgan fingerprint density at radius 2 is 1.77 bits per heavy atom. The monoisotopic (exact) mass is 340 g/mol. The summed E-state index contributed by atoms with van der Waals surface area (Å²) in [5.41, 5.74) is 4.12. The highest BCUT2D eigenvalue weighted by Gasteiger charge is 2.34. The summed E-state index contributed by atoms with van der Waals surface area (Å²) in [6, 6.07) is 2.26. The molecular formula is C14H17ClF4N2O. The third-order valence-corrected chi connectivity index (χ3v) is 3.64. The Labute approximate surface area is 131 Å². The number of hydrogen-bond donors (Lipinski definition) is 2. The molecule has 0 radical (unpaired) electrons. The van der Waals surface area contributed by atoms with E-state index in [0.717, 1.165) is 18.9 Å². The Kier molecular flexibility index (Phi) is 6.19. The number of rotatable bonds is 2. The molecular weight excluding hydrogens is 324 g/mol. The van der Waals surface area contributed by atoms with Gasteiger partial charge in [-0.05, 0) is 43.9 Å². The molecule has 22 heavy (non-hydrogen) atoms. The maximum atomic E-state index is 13.2. The minimum absolute atomic E-state index is 0. The average Bonchev–Trinajstić information content (AvgIpc) is 2.40. The average molecular weight is 341 g/mol. The van der Waals surface area contributed by atoms with Gasteiger partial charge in [-0.1, -0.05) is 0 Å². The molecule has 1 saturated carbocycles. The second-order valence-electron chi connectivity index (χ2n) is 5.28. The predicted molar refractivity (Wildman–Crippen MR) is 76.3 cm³/mol. The Morgan fingerprint density at radius 3 is 2.32 bits per heavy atom. The van der Waals surface area contributed by atoms with E-state index in [2.05, 4.69) is 5.32 Å². The topological polar surface area (TPSA) is 55.1 Å². The van der Waals surface area contributed by atoms with Gasteiger partial charge in [0.25, 0.3) is 5.91 Å². The summed E-state index contributed by atoms with van der Waals surface area (Å²) in [4.78, 5) is 12.0. The minimum Gasteiger partial charge on any atom is -0.349 e. The van der Waals surface area contributed by atoms with Crippen LogP contribution in [-0.4, -0.2) is 18.0 Å². The van der Waals surface area contributed by atoms with E-state index in [-0.39, 0.29) is 30.1 Å². The van der Waals surface area contributed by atoms with Crippen LogP contribution in [0.1, 0.15) is 41.6 Å². The van der Waals surface area contributed by atoms with Crippen LogP contribution in [0.2, 0.25) is 0 Å². The number of halogens is 5. The van der Waals surface area contributed by atoms with Gasteiger partial charge in [-0.25, -0.2) is 4.39 Å². The Balaban J connectivity index is 0.00000242. The number of carbonyl (C=O) groups excluding carboxylic acids is 1. The van der Waals surface area contributed by atoms with Crippen LogP contribution in [-0.2, 0) is 6.18 Å². The fourth-order valence-corrected chi connectivity index (χ4v) is 2.42. The smallest absolute Gasteiger partial charge is 0.349 e. The number of benzene rings is 1. The number of hydrogen-bond acceptors (Lipinski definition) is 2. The zero-order valence-corrected chi connectivity index (χ0v) is 12.4. The molecule has 0 saturated heterocycles. The largest absolute Gasteiger partial charge is 0.419 e. The maximum absolute atomic E-state index is 13.2. The van der Waals surface area contributed by atoms with Gasteiger partial charge in [0, 0.05) is 17.6 Å². The van der Waals surface area contributed by atoms with E-state index in [4.69, 9.17) is 5.73 Å². The fourth-order valence-electron chi connectivity index (χ4n) is 2.42. The van der Waals surface area contributed by atoms with Crippen LogP contribution >= 0.6 is 12.4 Å². The van der Waals surface area contributed by atoms with E-state index in [9.17, 15) is 22.4 Å². The molecule has 0 spiro atoms. The van der Waals surface area contributed by atoms with Gasteiger partial charge in [0.05, 0.1) is 5.56 Å². The Bertz CT molecular complexity index is 528. The lowest BCUT2D eigenvalue weighted by Crippen LogP contribution is -2.40. The van der Waals surface area contributed by atoms with E-state index in [0.29, 0.717) is 25.0 Å². The molecule has 124 valence electrons. The van der Waals surface area contributed by atoms with Gasteiger partial charge in [-0.3, -0.25) is 4.79 Å². The van der Waals surface area contributed by atoms with Gasteiger partial charge in [-0.2, -0.15) is 13.2 Å². The van der Waals surface area contributed by atoms with Crippen molar-refractivity contribution in [2.75, 3.05) is 0 Å². The third kappa shape index (κ3) is 4.58. The quantitative estimate of drug-likeness (QED) is 0.812. The van der Waals surface area contributed by atoms with Gasteiger partial charge in [0.2, 0.25) is 0 Å². The van der Waals surface area contributed by atoms with Crippen molar-refractivity contribution in [3.8, 4) is 0 Å². The van der Waals surface area contributed by atoms with E-state index in [1.54, 1.807) is 0 Å². The van der Waals surface area contributed by atoms with Crippen LogP contribution in [0.25, 0.3) is 0 Å². The standard InChI is InChI=1S/C14H16F4N2O.ClH/c15-12-6-1-8(7-11(12)14(16,17)18)13(21)20-10-4-2-9(19)3-5-10;/h1,6-7,9-10H,2-5,19H2,(H,20,21);1H.